The van der Waals surface area contributed by atoms with Crippen LogP contribution < -0.4 is 10.1 Å². The molecule has 0 saturated heterocycles. The molecule has 0 bridgehead atoms. The standard InChI is InChI=1S/C21H17Cl2NO2/c22-18-9-6-17(20(23)12-18)13-24-21(25)16-7-10-19(11-8-16)26-14-15-4-2-1-3-5-15/h1-12H,13-14H2,(H,24,25). The maximum absolute atomic E-state index is 12.3. The molecule has 1 N–H and O–H groups in total. The van der Waals surface area contributed by atoms with Crippen LogP contribution in [-0.4, -0.2) is 5.91 Å². The fourth-order valence-corrected chi connectivity index (χ4v) is 2.86. The molecule has 0 aliphatic heterocycles. The Labute approximate surface area is 162 Å². The van der Waals surface area contributed by atoms with Crippen LogP contribution in [0.3, 0.4) is 0 Å². The second-order valence-corrected chi connectivity index (χ2v) is 6.56. The van der Waals surface area contributed by atoms with Crippen molar-refractivity contribution in [2.24, 2.45) is 0 Å². The number of nitrogens with one attached hydrogen (secondary N) is 1. The van der Waals surface area contributed by atoms with E-state index in [2.05, 4.69) is 5.32 Å². The Morgan fingerprint density at radius 3 is 2.35 bits per heavy atom. The summed E-state index contributed by atoms with van der Waals surface area (Å²) in [6, 6.07) is 22.2. The predicted octanol–water partition coefficient (Wildman–Crippen LogP) is 5.50. The molecule has 0 radical (unpaired) electrons. The average molecular weight is 386 g/mol. The molecule has 0 aliphatic rings. The monoisotopic (exact) mass is 385 g/mol. The van der Waals surface area contributed by atoms with Crippen LogP contribution >= 0.6 is 23.2 Å². The first-order chi connectivity index (χ1) is 12.6. The minimum absolute atomic E-state index is 0.175. The van der Waals surface area contributed by atoms with E-state index in [0.29, 0.717) is 34.5 Å². The molecule has 0 heterocycles. The number of hydrogen-bond donors (Lipinski definition) is 1. The van der Waals surface area contributed by atoms with Gasteiger partial charge in [-0.1, -0.05) is 59.6 Å². The Morgan fingerprint density at radius 2 is 1.65 bits per heavy atom. The largest absolute Gasteiger partial charge is 0.489 e. The highest BCUT2D eigenvalue weighted by molar-refractivity contribution is 6.35. The summed E-state index contributed by atoms with van der Waals surface area (Å²) in [5.74, 6) is 0.539. The molecule has 0 atom stereocenters. The Balaban J connectivity index is 1.55. The minimum atomic E-state index is -0.175. The molecule has 1 amide bonds. The summed E-state index contributed by atoms with van der Waals surface area (Å²) in [7, 11) is 0. The van der Waals surface area contributed by atoms with Crippen LogP contribution in [0.15, 0.2) is 72.8 Å². The summed E-state index contributed by atoms with van der Waals surface area (Å²) in [6.07, 6.45) is 0. The maximum Gasteiger partial charge on any atom is 0.251 e. The lowest BCUT2D eigenvalue weighted by molar-refractivity contribution is 0.0951. The normalized spacial score (nSPS) is 10.4. The van der Waals surface area contributed by atoms with E-state index >= 15 is 0 Å². The molecule has 3 aromatic rings. The quantitative estimate of drug-likeness (QED) is 0.607. The Kier molecular flexibility index (Phi) is 6.16. The van der Waals surface area contributed by atoms with Gasteiger partial charge in [0.05, 0.1) is 0 Å². The molecule has 132 valence electrons. The van der Waals surface area contributed by atoms with Crippen LogP contribution in [0.4, 0.5) is 0 Å². The highest BCUT2D eigenvalue weighted by atomic mass is 35.5. The number of amides is 1. The van der Waals surface area contributed by atoms with Crippen molar-refractivity contribution in [3.63, 3.8) is 0 Å². The van der Waals surface area contributed by atoms with Crippen molar-refractivity contribution in [1.29, 1.82) is 0 Å². The topological polar surface area (TPSA) is 38.3 Å². The summed E-state index contributed by atoms with van der Waals surface area (Å²) in [4.78, 5) is 12.3. The van der Waals surface area contributed by atoms with Crippen molar-refractivity contribution in [3.8, 4) is 5.75 Å². The van der Waals surface area contributed by atoms with Crippen molar-refractivity contribution < 1.29 is 9.53 Å². The Hall–Kier alpha value is -2.49. The zero-order chi connectivity index (χ0) is 18.4. The van der Waals surface area contributed by atoms with E-state index in [1.807, 2.05) is 30.3 Å². The van der Waals surface area contributed by atoms with Gasteiger partial charge in [-0.3, -0.25) is 4.79 Å². The second kappa shape index (κ2) is 8.75. The van der Waals surface area contributed by atoms with E-state index < -0.39 is 0 Å². The van der Waals surface area contributed by atoms with Gasteiger partial charge in [0, 0.05) is 22.2 Å². The summed E-state index contributed by atoms with van der Waals surface area (Å²) < 4.78 is 5.72. The molecule has 0 saturated carbocycles. The van der Waals surface area contributed by atoms with Gasteiger partial charge in [0.25, 0.3) is 5.91 Å². The molecule has 3 aromatic carbocycles. The number of ether oxygens (including phenoxy) is 1. The lowest BCUT2D eigenvalue weighted by atomic mass is 10.2. The highest BCUT2D eigenvalue weighted by Crippen LogP contribution is 2.21. The first-order valence-electron chi connectivity index (χ1n) is 8.11. The Bertz CT molecular complexity index is 880. The van der Waals surface area contributed by atoms with E-state index in [4.69, 9.17) is 27.9 Å². The van der Waals surface area contributed by atoms with E-state index in [0.717, 1.165) is 11.1 Å². The van der Waals surface area contributed by atoms with Crippen molar-refractivity contribution >= 4 is 29.1 Å². The van der Waals surface area contributed by atoms with Gasteiger partial charge in [-0.05, 0) is 47.5 Å². The third-order valence-electron chi connectivity index (χ3n) is 3.82. The third kappa shape index (κ3) is 5.01. The molecule has 5 heteroatoms. The summed E-state index contributed by atoms with van der Waals surface area (Å²) in [5, 5.41) is 3.94. The lowest BCUT2D eigenvalue weighted by Crippen LogP contribution is -2.22. The van der Waals surface area contributed by atoms with Gasteiger partial charge in [0.2, 0.25) is 0 Å². The van der Waals surface area contributed by atoms with Crippen LogP contribution in [0.25, 0.3) is 0 Å². The van der Waals surface area contributed by atoms with Gasteiger partial charge in [-0.2, -0.15) is 0 Å². The van der Waals surface area contributed by atoms with Crippen LogP contribution in [-0.2, 0) is 13.2 Å². The van der Waals surface area contributed by atoms with Gasteiger partial charge in [-0.25, -0.2) is 0 Å². The predicted molar refractivity (Wildman–Crippen MR) is 105 cm³/mol. The van der Waals surface area contributed by atoms with Gasteiger partial charge >= 0.3 is 0 Å². The highest BCUT2D eigenvalue weighted by Gasteiger charge is 2.07. The van der Waals surface area contributed by atoms with E-state index in [1.165, 1.54) is 0 Å². The van der Waals surface area contributed by atoms with Gasteiger partial charge in [0.15, 0.2) is 0 Å². The van der Waals surface area contributed by atoms with Crippen LogP contribution in [0.2, 0.25) is 10.0 Å². The molecule has 26 heavy (non-hydrogen) atoms. The van der Waals surface area contributed by atoms with Crippen LogP contribution in [0.1, 0.15) is 21.5 Å². The zero-order valence-electron chi connectivity index (χ0n) is 13.9. The molecule has 0 fully saturated rings. The van der Waals surface area contributed by atoms with Crippen molar-refractivity contribution in [2.75, 3.05) is 0 Å². The molecule has 0 aliphatic carbocycles. The molecule has 3 rings (SSSR count). The molecule has 0 unspecified atom stereocenters. The van der Waals surface area contributed by atoms with Gasteiger partial charge in [-0.15, -0.1) is 0 Å². The number of carbonyl (C=O) groups excluding carboxylic acids is 1. The summed E-state index contributed by atoms with van der Waals surface area (Å²) >= 11 is 12.0. The number of rotatable bonds is 6. The number of halogens is 2. The third-order valence-corrected chi connectivity index (χ3v) is 4.41. The summed E-state index contributed by atoms with van der Waals surface area (Å²) in [6.45, 7) is 0.822. The number of benzene rings is 3. The average Bonchev–Trinajstić information content (AvgIpc) is 2.67. The van der Waals surface area contributed by atoms with Crippen molar-refractivity contribution in [2.45, 2.75) is 13.2 Å². The second-order valence-electron chi connectivity index (χ2n) is 5.72. The number of hydrogen-bond acceptors (Lipinski definition) is 2. The molecular weight excluding hydrogens is 369 g/mol. The first-order valence-corrected chi connectivity index (χ1v) is 8.86. The van der Waals surface area contributed by atoms with Gasteiger partial charge < -0.3 is 10.1 Å². The van der Waals surface area contributed by atoms with Crippen LogP contribution in [0.5, 0.6) is 5.75 Å². The van der Waals surface area contributed by atoms with Crippen molar-refractivity contribution in [1.82, 2.24) is 5.32 Å². The molecule has 3 nitrogen and oxygen atoms in total. The van der Waals surface area contributed by atoms with E-state index in [9.17, 15) is 4.79 Å². The minimum Gasteiger partial charge on any atom is -0.489 e. The molecular formula is C21H17Cl2NO2. The van der Waals surface area contributed by atoms with E-state index in [-0.39, 0.29) is 5.91 Å². The van der Waals surface area contributed by atoms with Gasteiger partial charge in [0.1, 0.15) is 12.4 Å². The molecule has 0 aromatic heterocycles. The van der Waals surface area contributed by atoms with Crippen LogP contribution in [0, 0.1) is 0 Å². The summed E-state index contributed by atoms with van der Waals surface area (Å²) in [5.41, 5.74) is 2.46. The Morgan fingerprint density at radius 1 is 0.923 bits per heavy atom. The van der Waals surface area contributed by atoms with Crippen molar-refractivity contribution in [3.05, 3.63) is 99.5 Å². The zero-order valence-corrected chi connectivity index (χ0v) is 15.4. The molecule has 0 spiro atoms. The number of carbonyl (C=O) groups is 1. The first kappa shape index (κ1) is 18.3. The maximum atomic E-state index is 12.3. The fraction of sp³-hybridized carbons (Fsp3) is 0.0952. The fourth-order valence-electron chi connectivity index (χ4n) is 2.39. The van der Waals surface area contributed by atoms with E-state index in [1.54, 1.807) is 42.5 Å². The SMILES string of the molecule is O=C(NCc1ccc(Cl)cc1Cl)c1ccc(OCc2ccccc2)cc1. The lowest BCUT2D eigenvalue weighted by Gasteiger charge is -2.09. The smallest absolute Gasteiger partial charge is 0.251 e.